The summed E-state index contributed by atoms with van der Waals surface area (Å²) in [6.07, 6.45) is 0. The number of rotatable bonds is 6. The van der Waals surface area contributed by atoms with Crippen LogP contribution in [0.25, 0.3) is 78.1 Å². The molecule has 1 aromatic heterocycles. The number of hydrogen-bond acceptors (Lipinski definition) is 2. The van der Waals surface area contributed by atoms with Gasteiger partial charge >= 0.3 is 0 Å². The molecule has 11 rings (SSSR count). The van der Waals surface area contributed by atoms with E-state index in [0.717, 1.165) is 33.3 Å². The van der Waals surface area contributed by atoms with Crippen LogP contribution >= 0.6 is 0 Å². The Balaban J connectivity index is 1.19. The first-order valence-electron chi connectivity index (χ1n) is 20.2. The van der Waals surface area contributed by atoms with Gasteiger partial charge in [-0.3, -0.25) is 0 Å². The lowest BCUT2D eigenvalue weighted by atomic mass is 9.60. The number of aromatic nitrogens is 2. The largest absolute Gasteiger partial charge is 0.228 e. The molecule has 0 saturated carbocycles. The topological polar surface area (TPSA) is 25.8 Å². The summed E-state index contributed by atoms with van der Waals surface area (Å²) >= 11 is 0. The van der Waals surface area contributed by atoms with Gasteiger partial charge in [0.2, 0.25) is 0 Å². The summed E-state index contributed by atoms with van der Waals surface area (Å²) in [5.74, 6) is 0.692. The van der Waals surface area contributed by atoms with Gasteiger partial charge in [0.05, 0.1) is 16.6 Å². The van der Waals surface area contributed by atoms with Crippen molar-refractivity contribution in [3.8, 4) is 67.2 Å². The Morgan fingerprint density at radius 3 is 1.58 bits per heavy atom. The first-order valence-corrected chi connectivity index (χ1v) is 20.2. The lowest BCUT2D eigenvalue weighted by Gasteiger charge is -2.41. The van der Waals surface area contributed by atoms with Crippen molar-refractivity contribution in [2.24, 2.45) is 0 Å². The maximum absolute atomic E-state index is 5.41. The van der Waals surface area contributed by atoms with Gasteiger partial charge in [0.15, 0.2) is 5.82 Å². The number of hydrogen-bond donors (Lipinski definition) is 0. The first-order chi connectivity index (χ1) is 29.3. The second-order valence-electron chi connectivity index (χ2n) is 15.2. The minimum absolute atomic E-state index is 0.692. The molecule has 2 nitrogen and oxygen atoms in total. The van der Waals surface area contributed by atoms with Crippen molar-refractivity contribution in [2.75, 3.05) is 0 Å². The number of para-hydroxylation sites is 1. The molecule has 0 fully saturated rings. The summed E-state index contributed by atoms with van der Waals surface area (Å²) in [6, 6.07) is 83.3. The van der Waals surface area contributed by atoms with E-state index in [-0.39, 0.29) is 0 Å². The van der Waals surface area contributed by atoms with Gasteiger partial charge in [-0.05, 0) is 78.9 Å². The molecule has 2 bridgehead atoms. The molecule has 10 aromatic rings. The quantitative estimate of drug-likeness (QED) is 0.169. The molecule has 2 heteroatoms. The van der Waals surface area contributed by atoms with E-state index in [2.05, 4.69) is 231 Å². The van der Waals surface area contributed by atoms with Crippen molar-refractivity contribution < 1.29 is 0 Å². The summed E-state index contributed by atoms with van der Waals surface area (Å²) in [5, 5.41) is 1.03. The van der Waals surface area contributed by atoms with Gasteiger partial charge in [0.1, 0.15) is 0 Å². The minimum atomic E-state index is -0.727. The third-order valence-corrected chi connectivity index (χ3v) is 12.0. The predicted octanol–water partition coefficient (Wildman–Crippen LogP) is 14.3. The lowest BCUT2D eigenvalue weighted by molar-refractivity contribution is 0.748. The molecule has 59 heavy (non-hydrogen) atoms. The second-order valence-corrected chi connectivity index (χ2v) is 15.2. The first kappa shape index (κ1) is 34.6. The van der Waals surface area contributed by atoms with E-state index in [4.69, 9.17) is 9.97 Å². The highest BCUT2D eigenvalue weighted by Crippen LogP contribution is 2.56. The van der Waals surface area contributed by atoms with Crippen molar-refractivity contribution in [1.82, 2.24) is 9.97 Å². The van der Waals surface area contributed by atoms with Gasteiger partial charge in [-0.15, -0.1) is 0 Å². The van der Waals surface area contributed by atoms with E-state index in [1.54, 1.807) is 0 Å². The van der Waals surface area contributed by atoms with Crippen molar-refractivity contribution >= 4 is 10.9 Å². The van der Waals surface area contributed by atoms with Crippen LogP contribution in [0.1, 0.15) is 22.3 Å². The highest BCUT2D eigenvalue weighted by Gasteiger charge is 2.43. The monoisotopic (exact) mass is 750 g/mol. The van der Waals surface area contributed by atoms with Gasteiger partial charge in [-0.2, -0.15) is 0 Å². The van der Waals surface area contributed by atoms with E-state index in [1.165, 1.54) is 61.2 Å². The molecule has 1 aliphatic carbocycles. The van der Waals surface area contributed by atoms with Gasteiger partial charge in [0.25, 0.3) is 0 Å². The zero-order valence-corrected chi connectivity index (χ0v) is 32.3. The highest BCUT2D eigenvalue weighted by atomic mass is 14.9. The molecule has 0 saturated heterocycles. The fourth-order valence-corrected chi connectivity index (χ4v) is 9.39. The predicted molar refractivity (Wildman–Crippen MR) is 244 cm³/mol. The molecular weight excluding hydrogens is 713 g/mol. The van der Waals surface area contributed by atoms with E-state index in [9.17, 15) is 0 Å². The van der Waals surface area contributed by atoms with Gasteiger partial charge in [-0.25, -0.2) is 9.97 Å². The summed E-state index contributed by atoms with van der Waals surface area (Å²) in [7, 11) is 0. The smallest absolute Gasteiger partial charge is 0.160 e. The highest BCUT2D eigenvalue weighted by molar-refractivity contribution is 5.98. The van der Waals surface area contributed by atoms with Crippen LogP contribution in [0.3, 0.4) is 0 Å². The average molecular weight is 751 g/mol. The Morgan fingerprint density at radius 2 is 0.814 bits per heavy atom. The number of benzene rings is 9. The van der Waals surface area contributed by atoms with Crippen LogP contribution in [0.5, 0.6) is 0 Å². The standard InChI is InChI=1S/C57H38N2/c1-4-18-39(19-5-1)40-34-36-42(37-35-40)55-50-29-13-15-33-53(50)58-56(59-55)43-22-16-25-45(38-43)57(44-23-8-3-9-24-44)51-31-14-12-28-48(51)46-26-10-11-27-47(46)49-30-17-32-52(57)54(49)41-20-6-2-7-21-41/h1-38H. The van der Waals surface area contributed by atoms with Crippen LogP contribution < -0.4 is 0 Å². The van der Waals surface area contributed by atoms with Crippen LogP contribution in [0.4, 0.5) is 0 Å². The normalized spacial score (nSPS) is 14.2. The Morgan fingerprint density at radius 1 is 0.305 bits per heavy atom. The second kappa shape index (κ2) is 14.4. The molecule has 1 unspecified atom stereocenters. The third-order valence-electron chi connectivity index (χ3n) is 12.0. The maximum Gasteiger partial charge on any atom is 0.160 e. The fourth-order valence-electron chi connectivity index (χ4n) is 9.39. The minimum Gasteiger partial charge on any atom is -0.228 e. The van der Waals surface area contributed by atoms with E-state index >= 15 is 0 Å². The summed E-state index contributed by atoms with van der Waals surface area (Å²) < 4.78 is 0. The van der Waals surface area contributed by atoms with Crippen LogP contribution in [0, 0.1) is 0 Å². The summed E-state index contributed by atoms with van der Waals surface area (Å²) in [5.41, 5.74) is 17.6. The van der Waals surface area contributed by atoms with Crippen molar-refractivity contribution in [2.45, 2.75) is 5.41 Å². The van der Waals surface area contributed by atoms with E-state index < -0.39 is 5.41 Å². The van der Waals surface area contributed by atoms with Gasteiger partial charge < -0.3 is 0 Å². The average Bonchev–Trinajstić information content (AvgIpc) is 3.32. The Kier molecular flexibility index (Phi) is 8.41. The Bertz CT molecular complexity index is 3140. The molecule has 0 radical (unpaired) electrons. The number of fused-ring (bicyclic) bond motifs is 7. The molecule has 0 aliphatic heterocycles. The molecule has 1 aliphatic rings. The molecule has 9 aromatic carbocycles. The van der Waals surface area contributed by atoms with Crippen molar-refractivity contribution in [3.05, 3.63) is 253 Å². The van der Waals surface area contributed by atoms with Crippen molar-refractivity contribution in [1.29, 1.82) is 0 Å². The molecule has 276 valence electrons. The molecular formula is C57H38N2. The SMILES string of the molecule is c1ccc(-c2ccc(-c3nc(-c4cccc(C5(c6ccccc6)c6ccccc6-c6ccccc6-c6cccc5c6-c5ccccc5)c4)nc4ccccc34)cc2)cc1. The fraction of sp³-hybridized carbons (Fsp3) is 0.0175. The van der Waals surface area contributed by atoms with Crippen LogP contribution in [0.15, 0.2) is 231 Å². The van der Waals surface area contributed by atoms with Crippen LogP contribution in [-0.2, 0) is 5.41 Å². The Labute approximate surface area is 344 Å². The van der Waals surface area contributed by atoms with Gasteiger partial charge in [-0.1, -0.05) is 218 Å². The molecule has 0 amide bonds. The lowest BCUT2D eigenvalue weighted by Crippen LogP contribution is -2.33. The zero-order valence-electron chi connectivity index (χ0n) is 32.3. The molecule has 1 heterocycles. The van der Waals surface area contributed by atoms with E-state index in [1.807, 2.05) is 0 Å². The maximum atomic E-state index is 5.41. The molecule has 0 N–H and O–H groups in total. The Hall–Kier alpha value is -7.68. The van der Waals surface area contributed by atoms with Gasteiger partial charge in [0, 0.05) is 16.5 Å². The van der Waals surface area contributed by atoms with E-state index in [0.29, 0.717) is 5.82 Å². The summed E-state index contributed by atoms with van der Waals surface area (Å²) in [4.78, 5) is 10.7. The van der Waals surface area contributed by atoms with Crippen LogP contribution in [-0.4, -0.2) is 9.97 Å². The molecule has 1 atom stereocenters. The van der Waals surface area contributed by atoms with Crippen LogP contribution in [0.2, 0.25) is 0 Å². The molecule has 0 spiro atoms. The summed E-state index contributed by atoms with van der Waals surface area (Å²) in [6.45, 7) is 0. The zero-order chi connectivity index (χ0) is 39.2. The third kappa shape index (κ3) is 5.72. The number of nitrogens with zero attached hydrogens (tertiary/aromatic N) is 2. The van der Waals surface area contributed by atoms with Crippen molar-refractivity contribution in [3.63, 3.8) is 0 Å².